The molecule has 0 saturated carbocycles. The van der Waals surface area contributed by atoms with Crippen LogP contribution in [-0.2, 0) is 26.6 Å². The summed E-state index contributed by atoms with van der Waals surface area (Å²) in [5.74, 6) is -2.10. The number of nitrogens with zero attached hydrogens (tertiary/aromatic N) is 2. The fourth-order valence-electron chi connectivity index (χ4n) is 3.15. The van der Waals surface area contributed by atoms with E-state index in [-0.39, 0.29) is 43.0 Å². The summed E-state index contributed by atoms with van der Waals surface area (Å²) in [5, 5.41) is 9.07. The number of carboxylic acids is 1. The largest absolute Gasteiger partial charge is 0.481 e. The molecule has 0 amide bonds. The molecular formula is C16H24N2O6S. The molecule has 1 aliphatic heterocycles. The number of aromatic nitrogens is 1. The van der Waals surface area contributed by atoms with Crippen molar-refractivity contribution in [3.8, 4) is 0 Å². The highest BCUT2D eigenvalue weighted by Crippen LogP contribution is 2.31. The minimum absolute atomic E-state index is 0.0419. The molecule has 1 aliphatic rings. The van der Waals surface area contributed by atoms with Crippen molar-refractivity contribution in [1.82, 2.24) is 8.87 Å². The Hall–Kier alpha value is -1.87. The quantitative estimate of drug-likeness (QED) is 0.781. The number of esters is 1. The summed E-state index contributed by atoms with van der Waals surface area (Å²) >= 11 is 0. The van der Waals surface area contributed by atoms with Crippen LogP contribution in [0.4, 0.5) is 0 Å². The van der Waals surface area contributed by atoms with Gasteiger partial charge in [-0.3, -0.25) is 4.79 Å². The van der Waals surface area contributed by atoms with Crippen LogP contribution >= 0.6 is 0 Å². The van der Waals surface area contributed by atoms with Crippen LogP contribution in [0.15, 0.2) is 4.90 Å². The van der Waals surface area contributed by atoms with Crippen molar-refractivity contribution < 1.29 is 27.9 Å². The third-order valence-electron chi connectivity index (χ3n) is 4.80. The normalized spacial score (nSPS) is 16.8. The zero-order valence-corrected chi connectivity index (χ0v) is 15.7. The van der Waals surface area contributed by atoms with Gasteiger partial charge in [0, 0.05) is 31.5 Å². The first-order chi connectivity index (χ1) is 11.6. The second-order valence-corrected chi connectivity index (χ2v) is 8.05. The van der Waals surface area contributed by atoms with Crippen LogP contribution in [0, 0.1) is 19.8 Å². The van der Waals surface area contributed by atoms with Gasteiger partial charge in [0.05, 0.1) is 12.5 Å². The van der Waals surface area contributed by atoms with E-state index < -0.39 is 27.9 Å². The van der Waals surface area contributed by atoms with E-state index in [9.17, 15) is 18.0 Å². The predicted octanol–water partition coefficient (Wildman–Crippen LogP) is 1.30. The lowest BCUT2D eigenvalue weighted by atomic mass is 9.99. The van der Waals surface area contributed by atoms with Crippen LogP contribution in [0.3, 0.4) is 0 Å². The first-order valence-electron chi connectivity index (χ1n) is 8.18. The van der Waals surface area contributed by atoms with Crippen LogP contribution in [-0.4, -0.2) is 54.0 Å². The highest BCUT2D eigenvalue weighted by Gasteiger charge is 2.38. The van der Waals surface area contributed by atoms with Crippen molar-refractivity contribution >= 4 is 22.0 Å². The molecule has 0 aliphatic carbocycles. The Kier molecular flexibility index (Phi) is 5.58. The van der Waals surface area contributed by atoms with Gasteiger partial charge in [-0.1, -0.05) is 0 Å². The molecule has 1 fully saturated rings. The lowest BCUT2D eigenvalue weighted by molar-refractivity contribution is -0.142. The number of carbonyl (C=O) groups excluding carboxylic acids is 1. The molecule has 1 aromatic rings. The van der Waals surface area contributed by atoms with E-state index in [1.165, 1.54) is 4.31 Å². The summed E-state index contributed by atoms with van der Waals surface area (Å²) in [6.07, 6.45) is 0.516. The molecule has 0 bridgehead atoms. The molecule has 0 spiro atoms. The van der Waals surface area contributed by atoms with Crippen molar-refractivity contribution in [2.75, 3.05) is 19.7 Å². The highest BCUT2D eigenvalue weighted by atomic mass is 32.2. The van der Waals surface area contributed by atoms with Crippen LogP contribution in [0.2, 0.25) is 0 Å². The Morgan fingerprint density at radius 3 is 2.24 bits per heavy atom. The number of piperidine rings is 1. The molecule has 1 N–H and O–H groups in total. The maximum atomic E-state index is 13.1. The number of sulfonamides is 1. The molecule has 8 nitrogen and oxygen atoms in total. The number of carbonyl (C=O) groups is 2. The Morgan fingerprint density at radius 2 is 1.76 bits per heavy atom. The highest BCUT2D eigenvalue weighted by molar-refractivity contribution is 7.89. The van der Waals surface area contributed by atoms with E-state index in [1.54, 1.807) is 32.4 Å². The van der Waals surface area contributed by atoms with Crippen LogP contribution in [0.25, 0.3) is 0 Å². The maximum absolute atomic E-state index is 13.1. The summed E-state index contributed by atoms with van der Waals surface area (Å²) in [7, 11) is -2.22. The first kappa shape index (κ1) is 19.5. The molecule has 0 atom stereocenters. The standard InChI is InChI=1S/C16H24N2O6S/c1-5-24-16(21)13-10(2)17(4)11(3)14(13)25(22,23)18-8-6-12(7-9-18)15(19)20/h12H,5-9H2,1-4H3,(H,19,20). The van der Waals surface area contributed by atoms with Crippen molar-refractivity contribution in [1.29, 1.82) is 0 Å². The van der Waals surface area contributed by atoms with E-state index in [1.807, 2.05) is 0 Å². The average molecular weight is 372 g/mol. The van der Waals surface area contributed by atoms with Gasteiger partial charge in [-0.15, -0.1) is 0 Å². The van der Waals surface area contributed by atoms with Gasteiger partial charge in [-0.2, -0.15) is 4.31 Å². The third-order valence-corrected chi connectivity index (χ3v) is 6.86. The molecule has 1 saturated heterocycles. The van der Waals surface area contributed by atoms with Crippen LogP contribution in [0.5, 0.6) is 0 Å². The Bertz CT molecular complexity index is 788. The van der Waals surface area contributed by atoms with Gasteiger partial charge >= 0.3 is 11.9 Å². The predicted molar refractivity (Wildman–Crippen MR) is 90.0 cm³/mol. The molecule has 0 unspecified atom stereocenters. The number of rotatable bonds is 5. The van der Waals surface area contributed by atoms with Gasteiger partial charge in [0.1, 0.15) is 10.5 Å². The second-order valence-electron chi connectivity index (χ2n) is 6.17. The number of hydrogen-bond acceptors (Lipinski definition) is 5. The maximum Gasteiger partial charge on any atom is 0.341 e. The molecule has 25 heavy (non-hydrogen) atoms. The molecule has 2 rings (SSSR count). The van der Waals surface area contributed by atoms with Gasteiger partial charge in [0.15, 0.2) is 0 Å². The van der Waals surface area contributed by atoms with E-state index in [0.717, 1.165) is 0 Å². The molecule has 0 aromatic carbocycles. The van der Waals surface area contributed by atoms with Gasteiger partial charge < -0.3 is 14.4 Å². The zero-order chi connectivity index (χ0) is 18.9. The van der Waals surface area contributed by atoms with Crippen LogP contribution in [0.1, 0.15) is 41.5 Å². The SMILES string of the molecule is CCOC(=O)c1c(S(=O)(=O)N2CCC(C(=O)O)CC2)c(C)n(C)c1C. The van der Waals surface area contributed by atoms with Gasteiger partial charge in [0.25, 0.3) is 0 Å². The molecular weight excluding hydrogens is 348 g/mol. The van der Waals surface area contributed by atoms with Gasteiger partial charge in [0.2, 0.25) is 10.0 Å². The van der Waals surface area contributed by atoms with Crippen molar-refractivity contribution in [2.24, 2.45) is 13.0 Å². The Balaban J connectivity index is 2.45. The van der Waals surface area contributed by atoms with E-state index in [4.69, 9.17) is 9.84 Å². The molecule has 140 valence electrons. The average Bonchev–Trinajstić information content (AvgIpc) is 2.80. The minimum Gasteiger partial charge on any atom is -0.481 e. The van der Waals surface area contributed by atoms with Crippen molar-refractivity contribution in [3.63, 3.8) is 0 Å². The number of carboxylic acid groups (broad SMARTS) is 1. The number of aliphatic carboxylic acids is 1. The summed E-state index contributed by atoms with van der Waals surface area (Å²) in [6, 6.07) is 0. The Morgan fingerprint density at radius 1 is 1.20 bits per heavy atom. The topological polar surface area (TPSA) is 106 Å². The summed E-state index contributed by atoms with van der Waals surface area (Å²) < 4.78 is 34.2. The fourth-order valence-corrected chi connectivity index (χ4v) is 5.10. The molecule has 0 radical (unpaired) electrons. The summed E-state index contributed by atoms with van der Waals surface area (Å²) in [6.45, 7) is 5.37. The molecule has 2 heterocycles. The van der Waals surface area contributed by atoms with Crippen LogP contribution < -0.4 is 0 Å². The Labute approximate surface area is 147 Å². The molecule has 1 aromatic heterocycles. The van der Waals surface area contributed by atoms with Crippen molar-refractivity contribution in [3.05, 3.63) is 17.0 Å². The van der Waals surface area contributed by atoms with E-state index in [0.29, 0.717) is 11.4 Å². The van der Waals surface area contributed by atoms with Gasteiger partial charge in [-0.05, 0) is 33.6 Å². The lowest BCUT2D eigenvalue weighted by Crippen LogP contribution is -2.40. The van der Waals surface area contributed by atoms with Gasteiger partial charge in [-0.25, -0.2) is 13.2 Å². The summed E-state index contributed by atoms with van der Waals surface area (Å²) in [4.78, 5) is 23.4. The van der Waals surface area contributed by atoms with E-state index >= 15 is 0 Å². The summed E-state index contributed by atoms with van der Waals surface area (Å²) in [5.41, 5.74) is 1.04. The smallest absolute Gasteiger partial charge is 0.341 e. The lowest BCUT2D eigenvalue weighted by Gasteiger charge is -2.29. The minimum atomic E-state index is -3.92. The monoisotopic (exact) mass is 372 g/mol. The number of ether oxygens (including phenoxy) is 1. The second kappa shape index (κ2) is 7.17. The third kappa shape index (κ3) is 3.43. The number of hydrogen-bond donors (Lipinski definition) is 1. The first-order valence-corrected chi connectivity index (χ1v) is 9.62. The zero-order valence-electron chi connectivity index (χ0n) is 14.9. The fraction of sp³-hybridized carbons (Fsp3) is 0.625. The van der Waals surface area contributed by atoms with Crippen molar-refractivity contribution in [2.45, 2.75) is 38.5 Å². The molecule has 9 heteroatoms. The van der Waals surface area contributed by atoms with E-state index in [2.05, 4.69) is 0 Å².